The molecule has 0 aliphatic heterocycles. The molecular weight excluding hydrogens is 1550 g/mol. The number of ether oxygens (including phenoxy) is 2. The van der Waals surface area contributed by atoms with Crippen molar-refractivity contribution in [2.75, 3.05) is 55.7 Å². The van der Waals surface area contributed by atoms with Crippen molar-refractivity contribution in [1.29, 1.82) is 0 Å². The predicted molar refractivity (Wildman–Crippen MR) is 447 cm³/mol. The number of aromatic nitrogens is 5. The summed E-state index contributed by atoms with van der Waals surface area (Å²) in [6.45, 7) is -0.314. The molecule has 0 spiro atoms. The molecule has 0 aliphatic rings. The van der Waals surface area contributed by atoms with Crippen molar-refractivity contribution in [3.63, 3.8) is 0 Å². The maximum absolute atomic E-state index is 12.2. The Labute approximate surface area is 691 Å². The van der Waals surface area contributed by atoms with Crippen LogP contribution in [-0.2, 0) is 4.79 Å². The van der Waals surface area contributed by atoms with E-state index in [1.54, 1.807) is 151 Å². The van der Waals surface area contributed by atoms with Crippen LogP contribution in [0.3, 0.4) is 0 Å². The lowest BCUT2D eigenvalue weighted by atomic mass is 10.2. The third-order valence-electron chi connectivity index (χ3n) is 12.3. The number of pyridine rings is 5. The molecule has 0 aliphatic carbocycles. The van der Waals surface area contributed by atoms with E-state index in [9.17, 15) is 33.6 Å². The highest BCUT2D eigenvalue weighted by Gasteiger charge is 2.11. The maximum Gasteiger partial charge on any atom is 0.354 e. The first-order valence-corrected chi connectivity index (χ1v) is 33.1. The molecule has 111 heavy (non-hydrogen) atoms. The molecule has 0 unspecified atom stereocenters. The number of aliphatic imine (C=N–C) groups is 1. The molecule has 15 N–H and O–H groups in total. The molecule has 586 valence electrons. The number of urea groups is 1. The van der Waals surface area contributed by atoms with Crippen LogP contribution in [0.25, 0.3) is 0 Å². The number of nitrogens with two attached hydrogens (primary N) is 4. The van der Waals surface area contributed by atoms with E-state index in [1.165, 1.54) is 79.5 Å². The summed E-state index contributed by atoms with van der Waals surface area (Å²) in [5.74, 6) is -1.50. The molecule has 5 amide bonds. The van der Waals surface area contributed by atoms with Crippen molar-refractivity contribution in [3.8, 4) is 28.7 Å². The number of phenols is 1. The van der Waals surface area contributed by atoms with Crippen LogP contribution in [0.4, 0.5) is 38.9 Å². The SMILES string of the molecule is C.C.CC.Cc1cc(N)ccc1Cl.Cc1cc(N=C=O)ccc1Cl.Nc1ccc(O)cc1.O=C(Cl)c1cc(Cl)ccn1.O=C(O)c1ccccn1.[2H]C([2H])([2H])N.[2H]C([2H])([2H])NC(=O)c1cc(Cl)ccn1.[2H]C([2H])([2H])NC(=O)c1cc(Oc2ccc(N)cc2)ccn1.[2H]C([2H])([2H])NC(=O)c1cc(Oc2ccc(NC(=O)Nc3ccc(Cl)c(C)c3)cc2)ccn1. The lowest BCUT2D eigenvalue weighted by Gasteiger charge is -2.10. The summed E-state index contributed by atoms with van der Waals surface area (Å²) in [5, 5.41) is 30.2. The minimum Gasteiger partial charge on any atom is -0.508 e. The highest BCUT2D eigenvalue weighted by atomic mass is 35.5. The Hall–Kier alpha value is -12.2. The number of anilines is 5. The van der Waals surface area contributed by atoms with Crippen molar-refractivity contribution >= 4 is 145 Å². The minimum atomic E-state index is -2.61. The number of phenolic OH excluding ortho intramolecular Hbond substituents is 1. The van der Waals surface area contributed by atoms with Crippen LogP contribution < -0.4 is 59.0 Å². The van der Waals surface area contributed by atoms with Crippen LogP contribution in [-0.4, -0.2) is 104 Å². The number of nitrogens with one attached hydrogen (secondary N) is 5. The highest BCUT2D eigenvalue weighted by molar-refractivity contribution is 6.67. The lowest BCUT2D eigenvalue weighted by molar-refractivity contribution is 0.0689. The van der Waals surface area contributed by atoms with E-state index in [0.717, 1.165) is 27.4 Å². The zero-order valence-electron chi connectivity index (χ0n) is 70.2. The number of nitrogen functional groups attached to an aromatic ring is 3. The first-order valence-electron chi connectivity index (χ1n) is 36.9. The van der Waals surface area contributed by atoms with Crippen molar-refractivity contribution in [2.24, 2.45) is 10.7 Å². The minimum absolute atomic E-state index is 0. The number of hydrogen-bond donors (Lipinski definition) is 11. The average Bonchev–Trinajstić information content (AvgIpc) is 0.856. The number of carbonyl (C=O) groups excluding carboxylic acids is 6. The normalized spacial score (nSPS) is 11.2. The second-order valence-corrected chi connectivity index (χ2v) is 22.6. The molecule has 0 fully saturated rings. The van der Waals surface area contributed by atoms with Gasteiger partial charge in [0.25, 0.3) is 23.0 Å². The fourth-order valence-electron chi connectivity index (χ4n) is 7.24. The predicted octanol–water partition coefficient (Wildman–Crippen LogP) is 18.3. The Kier molecular flexibility index (Phi) is 39.0. The Morgan fingerprint density at radius 2 is 0.847 bits per heavy atom. The van der Waals surface area contributed by atoms with Gasteiger partial charge in [-0.3, -0.25) is 39.1 Å². The zero-order chi connectivity index (χ0) is 91.4. The fourth-order valence-corrected chi connectivity index (χ4v) is 8.02. The molecule has 0 atom stereocenters. The second kappa shape index (κ2) is 55.2. The van der Waals surface area contributed by atoms with Gasteiger partial charge in [0.1, 0.15) is 57.2 Å². The van der Waals surface area contributed by atoms with Gasteiger partial charge in [-0.25, -0.2) is 19.4 Å². The summed E-state index contributed by atoms with van der Waals surface area (Å²) in [6, 6.07) is 51.3. The number of carboxylic acid groups (broad SMARTS) is 1. The van der Waals surface area contributed by atoms with Gasteiger partial charge < -0.3 is 69.2 Å². The van der Waals surface area contributed by atoms with Crippen LogP contribution in [0.15, 0.2) is 230 Å². The second-order valence-electron chi connectivity index (χ2n) is 20.2. The van der Waals surface area contributed by atoms with E-state index in [0.29, 0.717) is 71.5 Å². The van der Waals surface area contributed by atoms with Crippen molar-refractivity contribution in [1.82, 2.24) is 40.9 Å². The number of isocyanates is 1. The standard InChI is InChI=1S/C21H19ClN4O3.C13H13N3O2.C8H6ClNO.C7H7ClN2O.C7H8ClN.C6H3Cl2NO.C6H5NO2.C6H7NO.C2H6.CH5N.2CH4/c1-13-11-15(5-8-18(13)22)26-21(28)25-14-3-6-16(7-4-14)29-17-9-10-24-19(12-17)20(27)23-2;1-15-13(17)12-8-11(6-7-16-12)18-10-4-2-9(14)3-5-10;1-6-4-7(10-5-11)2-3-8(6)9;1-9-7(11)6-4-5(8)2-3-10-6;1-5-4-6(9)2-3-7(5)8;7-4-1-2-9-5(3-4)6(8)10;8-6(9)5-3-1-2-4-7-5;7-5-1-3-6(8)4-2-5;2*1-2;;/h3-12H,1-2H3,(H,23,27)(H2,25,26,28);2-8H,14H2,1H3,(H,15,17);2-4H,1H3;2-4H,1H3,(H,9,11);2-4H,9H2,1H3;1-3H;1-4H,(H,8,9);1-4,8H,7H2;1-2H3;2H2,1H3;2*1H4/i2D3;1D3;;1D3;;;;;;1D3;;. The van der Waals surface area contributed by atoms with E-state index in [1.807, 2.05) is 51.3 Å². The number of amides is 5. The average molecular weight is 1650 g/mol. The Balaban J connectivity index is 0.00000143. The third-order valence-corrected chi connectivity index (χ3v) is 14.2. The summed E-state index contributed by atoms with van der Waals surface area (Å²) in [5.41, 5.74) is 27.4. The van der Waals surface area contributed by atoms with Gasteiger partial charge in [-0.2, -0.15) is 4.99 Å². The fraction of sp³-hybridized carbons (Fsp3) is 0.139. The van der Waals surface area contributed by atoms with E-state index >= 15 is 0 Å². The number of benzene rings is 6. The van der Waals surface area contributed by atoms with Gasteiger partial charge in [0.2, 0.25) is 6.08 Å². The third kappa shape index (κ3) is 40.0. The molecule has 0 radical (unpaired) electrons. The Morgan fingerprint density at radius 1 is 0.459 bits per heavy atom. The summed E-state index contributed by atoms with van der Waals surface area (Å²) in [7, 11) is 0. The van der Waals surface area contributed by atoms with Gasteiger partial charge in [-0.15, -0.1) is 0 Å². The molecule has 32 heteroatoms. The van der Waals surface area contributed by atoms with Crippen LogP contribution in [0.5, 0.6) is 28.7 Å². The van der Waals surface area contributed by atoms with Gasteiger partial charge >= 0.3 is 12.0 Å². The van der Waals surface area contributed by atoms with Crippen molar-refractivity contribution in [3.05, 3.63) is 295 Å². The molecule has 0 bridgehead atoms. The molecule has 6 aromatic carbocycles. The van der Waals surface area contributed by atoms with Crippen LogP contribution in [0, 0.1) is 20.8 Å². The van der Waals surface area contributed by atoms with E-state index in [4.69, 9.17) is 123 Å². The molecule has 11 aromatic rings. The number of rotatable bonds is 12. The van der Waals surface area contributed by atoms with Gasteiger partial charge in [0.05, 0.1) is 5.69 Å². The molecule has 11 rings (SSSR count). The maximum atomic E-state index is 12.2. The van der Waals surface area contributed by atoms with Crippen molar-refractivity contribution < 1.29 is 69.7 Å². The molecular formula is C79H87Cl6N15O11. The molecule has 0 saturated carbocycles. The quantitative estimate of drug-likeness (QED) is 0.0178. The highest BCUT2D eigenvalue weighted by Crippen LogP contribution is 2.27. The smallest absolute Gasteiger partial charge is 0.354 e. The number of aryl methyl sites for hydroxylation is 3. The first-order chi connectivity index (χ1) is 56.5. The largest absolute Gasteiger partial charge is 0.508 e. The number of halogens is 6. The summed E-state index contributed by atoms with van der Waals surface area (Å²) in [4.78, 5) is 99.5. The summed E-state index contributed by atoms with van der Waals surface area (Å²) < 4.78 is 92.1. The molecule has 5 heterocycles. The Bertz CT molecular complexity index is 5190. The number of aromatic hydroxyl groups is 1. The van der Waals surface area contributed by atoms with Crippen LogP contribution in [0.1, 0.15) is 114 Å². The van der Waals surface area contributed by atoms with Crippen LogP contribution >= 0.6 is 69.6 Å². The topological polar surface area (TPSA) is 419 Å². The van der Waals surface area contributed by atoms with Gasteiger partial charge in [0.15, 0.2) is 0 Å². The number of carbonyl (C=O) groups is 6. The first kappa shape index (κ1) is 78.4. The number of carboxylic acids is 1. The van der Waals surface area contributed by atoms with Gasteiger partial charge in [-0.1, -0.05) is 92.8 Å². The zero-order valence-corrected chi connectivity index (χ0v) is 62.7. The van der Waals surface area contributed by atoms with E-state index in [2.05, 4.69) is 46.3 Å². The van der Waals surface area contributed by atoms with Gasteiger partial charge in [0, 0.05) is 134 Å². The molecule has 5 aromatic heterocycles. The van der Waals surface area contributed by atoms with Gasteiger partial charge in [-0.05, 0) is 232 Å². The lowest BCUT2D eigenvalue weighted by Crippen LogP contribution is -2.19. The Morgan fingerprint density at radius 3 is 1.23 bits per heavy atom. The van der Waals surface area contributed by atoms with Crippen LogP contribution in [0.2, 0.25) is 25.1 Å². The summed E-state index contributed by atoms with van der Waals surface area (Å²) >= 11 is 33.7. The monoisotopic (exact) mass is 1640 g/mol. The van der Waals surface area contributed by atoms with E-state index in [-0.39, 0.29) is 49.1 Å². The summed E-state index contributed by atoms with van der Waals surface area (Å²) in [6.07, 6.45) is 8.37. The number of aromatic carboxylic acids is 1. The number of nitrogens with zero attached hydrogens (tertiary/aromatic N) is 6. The van der Waals surface area contributed by atoms with Crippen molar-refractivity contribution in [2.45, 2.75) is 49.5 Å². The molecule has 26 nitrogen and oxygen atoms in total. The molecule has 0 saturated heterocycles. The number of hydrogen-bond acceptors (Lipinski definition) is 20. The van der Waals surface area contributed by atoms with E-state index < -0.39 is 62.9 Å².